The number of hydrazone groups is 1. The van der Waals surface area contributed by atoms with Gasteiger partial charge in [0.25, 0.3) is 0 Å². The second-order valence-corrected chi connectivity index (χ2v) is 5.76. The Kier molecular flexibility index (Phi) is 7.22. The van der Waals surface area contributed by atoms with E-state index in [1.807, 2.05) is 37.3 Å². The van der Waals surface area contributed by atoms with Crippen LogP contribution in [0.25, 0.3) is 0 Å². The summed E-state index contributed by atoms with van der Waals surface area (Å²) in [7, 11) is 1.62. The van der Waals surface area contributed by atoms with Crippen LogP contribution in [0.3, 0.4) is 0 Å². The third-order valence-corrected chi connectivity index (χ3v) is 3.78. The zero-order chi connectivity index (χ0) is 18.1. The van der Waals surface area contributed by atoms with Crippen LogP contribution >= 0.6 is 12.2 Å². The minimum atomic E-state index is 0.490. The summed E-state index contributed by atoms with van der Waals surface area (Å²) in [5.41, 5.74) is 5.99. The molecular weight excluding hydrogens is 334 g/mol. The van der Waals surface area contributed by atoms with Gasteiger partial charge in [0.05, 0.1) is 13.3 Å². The van der Waals surface area contributed by atoms with Crippen molar-refractivity contribution >= 4 is 23.5 Å². The average Bonchev–Trinajstić information content (AvgIpc) is 2.62. The third-order valence-electron chi connectivity index (χ3n) is 3.55. The zero-order valence-electron chi connectivity index (χ0n) is 14.7. The molecule has 2 rings (SSSR count). The fourth-order valence-electron chi connectivity index (χ4n) is 2.18. The van der Waals surface area contributed by atoms with E-state index in [2.05, 4.69) is 34.9 Å². The van der Waals surface area contributed by atoms with Crippen molar-refractivity contribution in [2.45, 2.75) is 20.5 Å². The SMILES string of the molecule is CCNC(=S)N/N=C/c1ccc(OCc2ccccc2C)c(OC)c1. The molecule has 0 aromatic heterocycles. The number of rotatable bonds is 7. The van der Waals surface area contributed by atoms with Gasteiger partial charge in [0.15, 0.2) is 16.6 Å². The number of nitrogens with one attached hydrogen (secondary N) is 2. The lowest BCUT2D eigenvalue weighted by molar-refractivity contribution is 0.284. The van der Waals surface area contributed by atoms with Gasteiger partial charge in [0.1, 0.15) is 6.61 Å². The molecule has 0 radical (unpaired) electrons. The maximum atomic E-state index is 5.91. The number of hydrogen-bond donors (Lipinski definition) is 2. The van der Waals surface area contributed by atoms with Crippen molar-refractivity contribution in [2.24, 2.45) is 5.10 Å². The van der Waals surface area contributed by atoms with Gasteiger partial charge in [-0.25, -0.2) is 0 Å². The van der Waals surface area contributed by atoms with Crippen molar-refractivity contribution in [3.8, 4) is 11.5 Å². The molecule has 2 aromatic rings. The third kappa shape index (κ3) is 5.76. The van der Waals surface area contributed by atoms with Crippen molar-refractivity contribution in [1.82, 2.24) is 10.7 Å². The van der Waals surface area contributed by atoms with Gasteiger partial charge in [-0.2, -0.15) is 5.10 Å². The molecule has 0 saturated heterocycles. The molecule has 0 fully saturated rings. The van der Waals surface area contributed by atoms with Crippen molar-refractivity contribution in [1.29, 1.82) is 0 Å². The standard InChI is InChI=1S/C19H23N3O2S/c1-4-20-19(25)22-21-12-15-9-10-17(18(11-15)23-3)24-13-16-8-6-5-7-14(16)2/h5-12H,4,13H2,1-3H3,(H2,20,22,25)/b21-12+. The Morgan fingerprint density at radius 2 is 2.00 bits per heavy atom. The van der Waals surface area contributed by atoms with Gasteiger partial charge in [0, 0.05) is 6.54 Å². The van der Waals surface area contributed by atoms with Crippen molar-refractivity contribution in [3.05, 3.63) is 59.2 Å². The molecule has 2 N–H and O–H groups in total. The molecule has 0 aliphatic carbocycles. The molecule has 0 aliphatic rings. The predicted octanol–water partition coefficient (Wildman–Crippen LogP) is 3.40. The van der Waals surface area contributed by atoms with E-state index in [0.717, 1.165) is 17.7 Å². The van der Waals surface area contributed by atoms with E-state index in [-0.39, 0.29) is 0 Å². The van der Waals surface area contributed by atoms with E-state index < -0.39 is 0 Å². The first-order chi connectivity index (χ1) is 12.1. The maximum Gasteiger partial charge on any atom is 0.186 e. The van der Waals surface area contributed by atoms with Crippen molar-refractivity contribution in [2.75, 3.05) is 13.7 Å². The normalized spacial score (nSPS) is 10.5. The summed E-state index contributed by atoms with van der Waals surface area (Å²) >= 11 is 5.05. The van der Waals surface area contributed by atoms with E-state index in [1.54, 1.807) is 13.3 Å². The molecule has 0 spiro atoms. The van der Waals surface area contributed by atoms with E-state index in [0.29, 0.717) is 23.2 Å². The summed E-state index contributed by atoms with van der Waals surface area (Å²) in [4.78, 5) is 0. The number of benzene rings is 2. The number of ether oxygens (including phenoxy) is 2. The lowest BCUT2D eigenvalue weighted by Gasteiger charge is -2.12. The van der Waals surface area contributed by atoms with E-state index >= 15 is 0 Å². The highest BCUT2D eigenvalue weighted by molar-refractivity contribution is 7.80. The van der Waals surface area contributed by atoms with Crippen LogP contribution in [0.15, 0.2) is 47.6 Å². The quantitative estimate of drug-likeness (QED) is 0.452. The molecule has 25 heavy (non-hydrogen) atoms. The molecule has 0 unspecified atom stereocenters. The topological polar surface area (TPSA) is 54.9 Å². The van der Waals surface area contributed by atoms with E-state index in [1.165, 1.54) is 5.56 Å². The summed E-state index contributed by atoms with van der Waals surface area (Å²) in [5.74, 6) is 1.35. The van der Waals surface area contributed by atoms with Crippen LogP contribution in [0.2, 0.25) is 0 Å². The maximum absolute atomic E-state index is 5.91. The van der Waals surface area contributed by atoms with Crippen molar-refractivity contribution < 1.29 is 9.47 Å². The summed E-state index contributed by atoms with van der Waals surface area (Å²) in [6.45, 7) is 5.29. The molecule has 2 aromatic carbocycles. The molecule has 5 nitrogen and oxygen atoms in total. The molecule has 0 heterocycles. The predicted molar refractivity (Wildman–Crippen MR) is 106 cm³/mol. The lowest BCUT2D eigenvalue weighted by Crippen LogP contribution is -2.31. The highest BCUT2D eigenvalue weighted by Crippen LogP contribution is 2.28. The van der Waals surface area contributed by atoms with Crippen LogP contribution < -0.4 is 20.2 Å². The molecular formula is C19H23N3O2S. The molecule has 0 aliphatic heterocycles. The first kappa shape index (κ1) is 18.7. The molecule has 0 amide bonds. The Morgan fingerprint density at radius 3 is 2.72 bits per heavy atom. The first-order valence-corrected chi connectivity index (χ1v) is 8.47. The lowest BCUT2D eigenvalue weighted by atomic mass is 10.1. The average molecular weight is 357 g/mol. The Labute approximate surface area is 154 Å². The Balaban J connectivity index is 2.02. The molecule has 132 valence electrons. The minimum absolute atomic E-state index is 0.490. The van der Waals surface area contributed by atoms with Gasteiger partial charge in [-0.3, -0.25) is 5.43 Å². The molecule has 6 heteroatoms. The number of nitrogens with zero attached hydrogens (tertiary/aromatic N) is 1. The van der Waals surface area contributed by atoms with Gasteiger partial charge >= 0.3 is 0 Å². The summed E-state index contributed by atoms with van der Waals surface area (Å²) < 4.78 is 11.3. The second-order valence-electron chi connectivity index (χ2n) is 5.35. The van der Waals surface area contributed by atoms with Crippen LogP contribution in [0.1, 0.15) is 23.6 Å². The van der Waals surface area contributed by atoms with Gasteiger partial charge in [0.2, 0.25) is 0 Å². The van der Waals surface area contributed by atoms with Crippen LogP contribution in [-0.4, -0.2) is 25.0 Å². The molecule has 0 saturated carbocycles. The minimum Gasteiger partial charge on any atom is -0.493 e. The van der Waals surface area contributed by atoms with Gasteiger partial charge < -0.3 is 14.8 Å². The van der Waals surface area contributed by atoms with Gasteiger partial charge in [-0.15, -0.1) is 0 Å². The highest BCUT2D eigenvalue weighted by Gasteiger charge is 2.06. The Bertz CT molecular complexity index is 747. The largest absolute Gasteiger partial charge is 0.493 e. The second kappa shape index (κ2) is 9.64. The number of aryl methyl sites for hydroxylation is 1. The first-order valence-electron chi connectivity index (χ1n) is 8.06. The van der Waals surface area contributed by atoms with Gasteiger partial charge in [-0.1, -0.05) is 24.3 Å². The number of thiocarbonyl (C=S) groups is 1. The van der Waals surface area contributed by atoms with Crippen LogP contribution in [0.5, 0.6) is 11.5 Å². The van der Waals surface area contributed by atoms with E-state index in [9.17, 15) is 0 Å². The summed E-state index contributed by atoms with van der Waals surface area (Å²) in [6.07, 6.45) is 1.68. The summed E-state index contributed by atoms with van der Waals surface area (Å²) in [5, 5.41) is 7.55. The van der Waals surface area contributed by atoms with Crippen LogP contribution in [0.4, 0.5) is 0 Å². The molecule has 0 atom stereocenters. The van der Waals surface area contributed by atoms with Crippen LogP contribution in [0, 0.1) is 6.92 Å². The fourth-order valence-corrected chi connectivity index (χ4v) is 2.37. The monoisotopic (exact) mass is 357 g/mol. The van der Waals surface area contributed by atoms with Crippen molar-refractivity contribution in [3.63, 3.8) is 0 Å². The van der Waals surface area contributed by atoms with Crippen LogP contribution in [-0.2, 0) is 6.61 Å². The Morgan fingerprint density at radius 1 is 1.20 bits per heavy atom. The number of hydrogen-bond acceptors (Lipinski definition) is 4. The smallest absolute Gasteiger partial charge is 0.186 e. The molecule has 0 bridgehead atoms. The Hall–Kier alpha value is -2.60. The van der Waals surface area contributed by atoms with E-state index in [4.69, 9.17) is 21.7 Å². The fraction of sp³-hybridized carbons (Fsp3) is 0.263. The number of methoxy groups -OCH3 is 1. The van der Waals surface area contributed by atoms with Gasteiger partial charge in [-0.05, 0) is 61.0 Å². The highest BCUT2D eigenvalue weighted by atomic mass is 32.1. The zero-order valence-corrected chi connectivity index (χ0v) is 15.5. The summed E-state index contributed by atoms with van der Waals surface area (Å²) in [6, 6.07) is 13.8.